The van der Waals surface area contributed by atoms with Crippen molar-refractivity contribution in [3.8, 4) is 5.69 Å². The van der Waals surface area contributed by atoms with E-state index >= 15 is 0 Å². The first kappa shape index (κ1) is 13.5. The lowest BCUT2D eigenvalue weighted by Gasteiger charge is -2.06. The summed E-state index contributed by atoms with van der Waals surface area (Å²) in [7, 11) is 1.55. The van der Waals surface area contributed by atoms with Crippen LogP contribution in [0.3, 0.4) is 0 Å². The van der Waals surface area contributed by atoms with Gasteiger partial charge in [-0.1, -0.05) is 0 Å². The Hall–Kier alpha value is -1.95. The second kappa shape index (κ2) is 5.36. The van der Waals surface area contributed by atoms with Gasteiger partial charge in [0.15, 0.2) is 11.5 Å². The summed E-state index contributed by atoms with van der Waals surface area (Å²) < 4.78 is 2.32. The number of Topliss-reactive ketones (excluding diaryl/α,β-unsaturated/α-hetero) is 1. The maximum absolute atomic E-state index is 11.4. The number of rotatable bonds is 3. The van der Waals surface area contributed by atoms with Crippen LogP contribution in [0, 0.1) is 0 Å². The summed E-state index contributed by atoms with van der Waals surface area (Å²) >= 11 is 3.40. The molecule has 0 saturated heterocycles. The molecule has 2 rings (SSSR count). The number of aromatic nitrogens is 2. The van der Waals surface area contributed by atoms with Crippen LogP contribution in [0.25, 0.3) is 5.69 Å². The number of hydrogen-bond donors (Lipinski definition) is 1. The smallest absolute Gasteiger partial charge is 0.271 e. The van der Waals surface area contributed by atoms with Crippen molar-refractivity contribution in [2.24, 2.45) is 0 Å². The van der Waals surface area contributed by atoms with Crippen molar-refractivity contribution < 1.29 is 9.59 Å². The minimum atomic E-state index is -0.241. The van der Waals surface area contributed by atoms with Gasteiger partial charge in [-0.15, -0.1) is 0 Å². The quantitative estimate of drug-likeness (QED) is 0.881. The van der Waals surface area contributed by atoms with Gasteiger partial charge in [-0.2, -0.15) is 5.10 Å². The fraction of sp³-hybridized carbons (Fsp3) is 0.154. The molecule has 0 spiro atoms. The monoisotopic (exact) mass is 321 g/mol. The van der Waals surface area contributed by atoms with Crippen LogP contribution in [0.5, 0.6) is 0 Å². The maximum atomic E-state index is 11.4. The highest BCUT2D eigenvalue weighted by Crippen LogP contribution is 2.22. The third-order valence-corrected chi connectivity index (χ3v) is 3.28. The van der Waals surface area contributed by atoms with Crippen LogP contribution in [0.15, 0.2) is 34.9 Å². The molecule has 0 fully saturated rings. The first-order chi connectivity index (χ1) is 9.02. The fourth-order valence-corrected chi connectivity index (χ4v) is 2.18. The Bertz CT molecular complexity index is 649. The second-order valence-corrected chi connectivity index (χ2v) is 4.80. The lowest BCUT2D eigenvalue weighted by molar-refractivity contribution is 0.0956. The predicted molar refractivity (Wildman–Crippen MR) is 74.7 cm³/mol. The van der Waals surface area contributed by atoms with Crippen molar-refractivity contribution in [1.82, 2.24) is 15.1 Å². The Labute approximate surface area is 118 Å². The van der Waals surface area contributed by atoms with Crippen molar-refractivity contribution in [3.05, 3.63) is 46.2 Å². The van der Waals surface area contributed by atoms with Crippen LogP contribution in [0.1, 0.15) is 27.8 Å². The van der Waals surface area contributed by atoms with Gasteiger partial charge in [-0.3, -0.25) is 9.59 Å². The molecule has 0 saturated carbocycles. The molecule has 1 amide bonds. The van der Waals surface area contributed by atoms with E-state index in [9.17, 15) is 9.59 Å². The van der Waals surface area contributed by atoms with E-state index in [1.54, 1.807) is 42.2 Å². The molecule has 0 radical (unpaired) electrons. The minimum absolute atomic E-state index is 0.00114. The number of amides is 1. The highest BCUT2D eigenvalue weighted by Gasteiger charge is 2.11. The molecule has 0 bridgehead atoms. The lowest BCUT2D eigenvalue weighted by Crippen LogP contribution is -2.18. The molecule has 6 heteroatoms. The number of benzene rings is 1. The normalized spacial score (nSPS) is 10.3. The van der Waals surface area contributed by atoms with E-state index in [0.717, 1.165) is 10.2 Å². The van der Waals surface area contributed by atoms with E-state index in [1.807, 2.05) is 0 Å². The second-order valence-electron chi connectivity index (χ2n) is 3.95. The van der Waals surface area contributed by atoms with Crippen molar-refractivity contribution in [1.29, 1.82) is 0 Å². The van der Waals surface area contributed by atoms with E-state index in [0.29, 0.717) is 11.3 Å². The average Bonchev–Trinajstić information content (AvgIpc) is 2.87. The van der Waals surface area contributed by atoms with E-state index in [1.165, 1.54) is 6.92 Å². The predicted octanol–water partition coefficient (Wildman–Crippen LogP) is 2.20. The molecule has 1 aromatic carbocycles. The molecule has 98 valence electrons. The Morgan fingerprint density at radius 1 is 1.32 bits per heavy atom. The van der Waals surface area contributed by atoms with Crippen LogP contribution >= 0.6 is 15.9 Å². The molecule has 0 aliphatic rings. The molecular formula is C13H12BrN3O2. The summed E-state index contributed by atoms with van der Waals surface area (Å²) in [6.45, 7) is 1.51. The number of nitrogens with one attached hydrogen (secondary N) is 1. The lowest BCUT2D eigenvalue weighted by atomic mass is 10.1. The summed E-state index contributed by atoms with van der Waals surface area (Å²) in [6, 6.07) is 6.87. The zero-order valence-corrected chi connectivity index (χ0v) is 12.1. The third-order valence-electron chi connectivity index (χ3n) is 2.65. The third kappa shape index (κ3) is 2.73. The summed E-state index contributed by atoms with van der Waals surface area (Å²) in [5.74, 6) is -0.242. The van der Waals surface area contributed by atoms with Crippen LogP contribution in [-0.4, -0.2) is 28.5 Å². The van der Waals surface area contributed by atoms with Gasteiger partial charge in [0.2, 0.25) is 0 Å². The summed E-state index contributed by atoms with van der Waals surface area (Å²) in [5, 5.41) is 6.69. The number of carbonyl (C=O) groups is 2. The van der Waals surface area contributed by atoms with Crippen LogP contribution < -0.4 is 5.32 Å². The molecule has 0 unspecified atom stereocenters. The minimum Gasteiger partial charge on any atom is -0.354 e. The zero-order valence-electron chi connectivity index (χ0n) is 10.5. The van der Waals surface area contributed by atoms with E-state index in [2.05, 4.69) is 26.3 Å². The summed E-state index contributed by atoms with van der Waals surface area (Å²) in [6.07, 6.45) is 1.69. The number of halogens is 1. The Morgan fingerprint density at radius 2 is 2.05 bits per heavy atom. The molecule has 19 heavy (non-hydrogen) atoms. The SMILES string of the molecule is CNC(=O)c1ccn(-c2ccc(C(C)=O)cc2Br)n1. The average molecular weight is 322 g/mol. The standard InChI is InChI=1S/C13H12BrN3O2/c1-8(18)9-3-4-12(10(14)7-9)17-6-5-11(16-17)13(19)15-2/h3-7H,1-2H3,(H,15,19). The van der Waals surface area contributed by atoms with Gasteiger partial charge in [0.25, 0.3) is 5.91 Å². The topological polar surface area (TPSA) is 64.0 Å². The molecule has 2 aromatic rings. The Morgan fingerprint density at radius 3 is 2.63 bits per heavy atom. The fourth-order valence-electron chi connectivity index (χ4n) is 1.62. The van der Waals surface area contributed by atoms with E-state index < -0.39 is 0 Å². The first-order valence-electron chi connectivity index (χ1n) is 5.61. The molecule has 5 nitrogen and oxygen atoms in total. The van der Waals surface area contributed by atoms with Crippen LogP contribution in [0.2, 0.25) is 0 Å². The maximum Gasteiger partial charge on any atom is 0.271 e. The number of hydrogen-bond acceptors (Lipinski definition) is 3. The van der Waals surface area contributed by atoms with Crippen molar-refractivity contribution in [2.45, 2.75) is 6.92 Å². The van der Waals surface area contributed by atoms with Crippen molar-refractivity contribution in [2.75, 3.05) is 7.05 Å². The van der Waals surface area contributed by atoms with Gasteiger partial charge in [0.1, 0.15) is 0 Å². The first-order valence-corrected chi connectivity index (χ1v) is 6.41. The van der Waals surface area contributed by atoms with Gasteiger partial charge < -0.3 is 5.32 Å². The largest absolute Gasteiger partial charge is 0.354 e. The van der Waals surface area contributed by atoms with Crippen LogP contribution in [0.4, 0.5) is 0 Å². The Balaban J connectivity index is 2.39. The number of carbonyl (C=O) groups excluding carboxylic acids is 2. The highest BCUT2D eigenvalue weighted by atomic mass is 79.9. The van der Waals surface area contributed by atoms with E-state index in [-0.39, 0.29) is 11.7 Å². The zero-order chi connectivity index (χ0) is 14.0. The summed E-state index contributed by atoms with van der Waals surface area (Å²) in [4.78, 5) is 22.7. The number of nitrogens with zero attached hydrogens (tertiary/aromatic N) is 2. The molecule has 1 N–H and O–H groups in total. The molecule has 0 atom stereocenters. The van der Waals surface area contributed by atoms with Gasteiger partial charge in [-0.25, -0.2) is 4.68 Å². The number of ketones is 1. The molecule has 1 heterocycles. The van der Waals surface area contributed by atoms with Gasteiger partial charge in [-0.05, 0) is 47.1 Å². The summed E-state index contributed by atoms with van der Waals surface area (Å²) in [5.41, 5.74) is 1.72. The molecular weight excluding hydrogens is 310 g/mol. The highest BCUT2D eigenvalue weighted by molar-refractivity contribution is 9.10. The van der Waals surface area contributed by atoms with Gasteiger partial charge >= 0.3 is 0 Å². The molecule has 0 aliphatic carbocycles. The van der Waals surface area contributed by atoms with Gasteiger partial charge in [0.05, 0.1) is 5.69 Å². The van der Waals surface area contributed by atoms with E-state index in [4.69, 9.17) is 0 Å². The van der Waals surface area contributed by atoms with Crippen molar-refractivity contribution >= 4 is 27.6 Å². The van der Waals surface area contributed by atoms with Crippen LogP contribution in [-0.2, 0) is 0 Å². The Kier molecular flexibility index (Phi) is 3.80. The molecule has 0 aliphatic heterocycles. The van der Waals surface area contributed by atoms with Gasteiger partial charge in [0, 0.05) is 23.3 Å². The molecule has 1 aromatic heterocycles. The van der Waals surface area contributed by atoms with Crippen molar-refractivity contribution in [3.63, 3.8) is 0 Å².